The van der Waals surface area contributed by atoms with Crippen LogP contribution in [0.5, 0.6) is 0 Å². The van der Waals surface area contributed by atoms with E-state index in [9.17, 15) is 0 Å². The number of nitrogens with one attached hydrogen (secondary N) is 1. The molecule has 4 nitrogen and oxygen atoms in total. The van der Waals surface area contributed by atoms with E-state index >= 15 is 0 Å². The van der Waals surface area contributed by atoms with Crippen LogP contribution in [0, 0.1) is 0 Å². The Kier molecular flexibility index (Phi) is 6.20. The van der Waals surface area contributed by atoms with Crippen molar-refractivity contribution in [3.05, 3.63) is 71.1 Å². The topological polar surface area (TPSA) is 41.0 Å². The van der Waals surface area contributed by atoms with E-state index in [1.165, 1.54) is 11.1 Å². The molecule has 2 unspecified atom stereocenters. The molecule has 0 aliphatic heterocycles. The first-order valence-electron chi connectivity index (χ1n) is 8.90. The van der Waals surface area contributed by atoms with Gasteiger partial charge in [0.05, 0.1) is 5.52 Å². The zero-order valence-electron chi connectivity index (χ0n) is 15.5. The standard InChI is InChI=1S/C21H25ClN4/c1-15(18-13-21(22)25-20-9-5-4-8-17(18)20)24-19(10-12-26(2)3)16-7-6-11-23-14-16/h4-9,11,13-15,19,24H,10,12H2,1-3H3. The summed E-state index contributed by atoms with van der Waals surface area (Å²) in [6.45, 7) is 3.17. The summed E-state index contributed by atoms with van der Waals surface area (Å²) in [4.78, 5) is 10.9. The van der Waals surface area contributed by atoms with Gasteiger partial charge in [-0.1, -0.05) is 35.9 Å². The van der Waals surface area contributed by atoms with E-state index in [4.69, 9.17) is 11.6 Å². The van der Waals surface area contributed by atoms with Crippen LogP contribution >= 0.6 is 11.6 Å². The van der Waals surface area contributed by atoms with Gasteiger partial charge in [-0.15, -0.1) is 0 Å². The van der Waals surface area contributed by atoms with Gasteiger partial charge in [-0.3, -0.25) is 4.98 Å². The molecule has 3 rings (SSSR count). The SMILES string of the molecule is CC(NC(CCN(C)C)c1cccnc1)c1cc(Cl)nc2ccccc12. The molecule has 0 bridgehead atoms. The number of para-hydroxylation sites is 1. The molecule has 0 spiro atoms. The molecule has 2 heterocycles. The van der Waals surface area contributed by atoms with Crippen molar-refractivity contribution in [2.75, 3.05) is 20.6 Å². The van der Waals surface area contributed by atoms with Gasteiger partial charge in [0.1, 0.15) is 5.15 Å². The Morgan fingerprint density at radius 1 is 1.15 bits per heavy atom. The van der Waals surface area contributed by atoms with E-state index in [0.29, 0.717) is 5.15 Å². The smallest absolute Gasteiger partial charge is 0.130 e. The molecule has 1 N–H and O–H groups in total. The van der Waals surface area contributed by atoms with Gasteiger partial charge in [-0.2, -0.15) is 0 Å². The number of halogens is 1. The van der Waals surface area contributed by atoms with E-state index in [1.807, 2.05) is 42.7 Å². The fourth-order valence-corrected chi connectivity index (χ4v) is 3.44. The lowest BCUT2D eigenvalue weighted by molar-refractivity contribution is 0.347. The molecule has 1 aromatic carbocycles. The van der Waals surface area contributed by atoms with Crippen LogP contribution in [0.2, 0.25) is 5.15 Å². The van der Waals surface area contributed by atoms with Crippen molar-refractivity contribution in [3.63, 3.8) is 0 Å². The van der Waals surface area contributed by atoms with Gasteiger partial charge in [0, 0.05) is 29.9 Å². The van der Waals surface area contributed by atoms with Crippen molar-refractivity contribution in [1.29, 1.82) is 0 Å². The molecule has 0 fully saturated rings. The highest BCUT2D eigenvalue weighted by molar-refractivity contribution is 6.29. The minimum Gasteiger partial charge on any atom is -0.309 e. The molecule has 0 aliphatic rings. The second-order valence-corrected chi connectivity index (χ2v) is 7.26. The lowest BCUT2D eigenvalue weighted by atomic mass is 9.99. The first-order valence-corrected chi connectivity index (χ1v) is 9.28. The van der Waals surface area contributed by atoms with Crippen LogP contribution in [0.15, 0.2) is 54.9 Å². The summed E-state index contributed by atoms with van der Waals surface area (Å²) in [6.07, 6.45) is 4.75. The highest BCUT2D eigenvalue weighted by Crippen LogP contribution is 2.28. The lowest BCUT2D eigenvalue weighted by Gasteiger charge is -2.26. The summed E-state index contributed by atoms with van der Waals surface area (Å²) in [5.74, 6) is 0. The molecule has 0 saturated carbocycles. The van der Waals surface area contributed by atoms with Crippen LogP contribution in [0.3, 0.4) is 0 Å². The number of fused-ring (bicyclic) bond motifs is 1. The summed E-state index contributed by atoms with van der Waals surface area (Å²) in [7, 11) is 4.19. The van der Waals surface area contributed by atoms with Gasteiger partial charge in [0.2, 0.25) is 0 Å². The van der Waals surface area contributed by atoms with Crippen LogP contribution in [0.4, 0.5) is 0 Å². The number of rotatable bonds is 7. The van der Waals surface area contributed by atoms with Gasteiger partial charge in [-0.25, -0.2) is 4.98 Å². The van der Waals surface area contributed by atoms with E-state index in [1.54, 1.807) is 0 Å². The van der Waals surface area contributed by atoms with Crippen molar-refractivity contribution in [2.45, 2.75) is 25.4 Å². The molecule has 2 atom stereocenters. The average Bonchev–Trinajstić information content (AvgIpc) is 2.64. The Morgan fingerprint density at radius 2 is 1.96 bits per heavy atom. The van der Waals surface area contributed by atoms with Gasteiger partial charge in [0.25, 0.3) is 0 Å². The fraction of sp³-hybridized carbons (Fsp3) is 0.333. The van der Waals surface area contributed by atoms with Crippen molar-refractivity contribution in [3.8, 4) is 0 Å². The molecule has 0 saturated heterocycles. The van der Waals surface area contributed by atoms with Gasteiger partial charge in [0.15, 0.2) is 0 Å². The highest BCUT2D eigenvalue weighted by atomic mass is 35.5. The van der Waals surface area contributed by atoms with Gasteiger partial charge >= 0.3 is 0 Å². The molecule has 0 amide bonds. The third kappa shape index (κ3) is 4.58. The van der Waals surface area contributed by atoms with E-state index in [0.717, 1.165) is 23.9 Å². The van der Waals surface area contributed by atoms with Gasteiger partial charge < -0.3 is 10.2 Å². The lowest BCUT2D eigenvalue weighted by Crippen LogP contribution is -2.28. The fourth-order valence-electron chi connectivity index (χ4n) is 3.23. The molecule has 5 heteroatoms. The van der Waals surface area contributed by atoms with Crippen molar-refractivity contribution >= 4 is 22.5 Å². The number of pyridine rings is 2. The quantitative estimate of drug-likeness (QED) is 0.617. The predicted molar refractivity (Wildman–Crippen MR) is 108 cm³/mol. The second-order valence-electron chi connectivity index (χ2n) is 6.87. The average molecular weight is 369 g/mol. The minimum absolute atomic E-state index is 0.132. The Morgan fingerprint density at radius 3 is 2.69 bits per heavy atom. The third-order valence-corrected chi connectivity index (χ3v) is 4.78. The first-order chi connectivity index (χ1) is 12.5. The largest absolute Gasteiger partial charge is 0.309 e. The number of aromatic nitrogens is 2. The summed E-state index contributed by atoms with van der Waals surface area (Å²) in [6, 6.07) is 14.6. The molecular weight excluding hydrogens is 344 g/mol. The molecular formula is C21H25ClN4. The van der Waals surface area contributed by atoms with Gasteiger partial charge in [-0.05, 0) is 63.3 Å². The van der Waals surface area contributed by atoms with Crippen LogP contribution in [0.1, 0.15) is 36.6 Å². The van der Waals surface area contributed by atoms with Crippen molar-refractivity contribution < 1.29 is 0 Å². The molecule has 136 valence electrons. The molecule has 3 aromatic rings. The second kappa shape index (κ2) is 8.58. The van der Waals surface area contributed by atoms with E-state index in [2.05, 4.69) is 53.3 Å². The normalized spacial score (nSPS) is 13.9. The molecule has 2 aromatic heterocycles. The van der Waals surface area contributed by atoms with E-state index < -0.39 is 0 Å². The Labute approximate surface area is 160 Å². The number of benzene rings is 1. The highest BCUT2D eigenvalue weighted by Gasteiger charge is 2.18. The molecule has 0 aliphatic carbocycles. The third-order valence-electron chi connectivity index (χ3n) is 4.59. The van der Waals surface area contributed by atoms with Crippen LogP contribution in [-0.2, 0) is 0 Å². The molecule has 26 heavy (non-hydrogen) atoms. The van der Waals surface area contributed by atoms with Crippen LogP contribution in [-0.4, -0.2) is 35.5 Å². The Bertz CT molecular complexity index is 851. The summed E-state index contributed by atoms with van der Waals surface area (Å²) >= 11 is 6.27. The zero-order valence-corrected chi connectivity index (χ0v) is 16.2. The summed E-state index contributed by atoms with van der Waals surface area (Å²) in [5, 5.41) is 5.43. The Balaban J connectivity index is 1.89. The number of nitrogens with zero attached hydrogens (tertiary/aromatic N) is 3. The molecule has 0 radical (unpaired) electrons. The minimum atomic E-state index is 0.132. The van der Waals surface area contributed by atoms with Crippen molar-refractivity contribution in [2.24, 2.45) is 0 Å². The van der Waals surface area contributed by atoms with Crippen LogP contribution in [0.25, 0.3) is 10.9 Å². The van der Waals surface area contributed by atoms with Crippen LogP contribution < -0.4 is 5.32 Å². The summed E-state index contributed by atoms with van der Waals surface area (Å²) in [5.41, 5.74) is 3.29. The Hall–Kier alpha value is -2.01. The monoisotopic (exact) mass is 368 g/mol. The van der Waals surface area contributed by atoms with Crippen molar-refractivity contribution in [1.82, 2.24) is 20.2 Å². The summed E-state index contributed by atoms with van der Waals surface area (Å²) < 4.78 is 0. The maximum Gasteiger partial charge on any atom is 0.130 e. The number of hydrogen-bond acceptors (Lipinski definition) is 4. The first kappa shape index (κ1) is 18.8. The zero-order chi connectivity index (χ0) is 18.5. The maximum atomic E-state index is 6.27. The number of hydrogen-bond donors (Lipinski definition) is 1. The maximum absolute atomic E-state index is 6.27. The predicted octanol–water partition coefficient (Wildman–Crippen LogP) is 4.63. The van der Waals surface area contributed by atoms with E-state index in [-0.39, 0.29) is 12.1 Å².